The van der Waals surface area contributed by atoms with Crippen molar-refractivity contribution in [2.75, 3.05) is 0 Å². The summed E-state index contributed by atoms with van der Waals surface area (Å²) >= 11 is 5.70. The highest BCUT2D eigenvalue weighted by Gasteiger charge is 1.94. The van der Waals surface area contributed by atoms with Crippen molar-refractivity contribution in [3.05, 3.63) is 42.1 Å². The first-order chi connectivity index (χ1) is 5.90. The predicted octanol–water partition coefficient (Wildman–Crippen LogP) is 3.40. The normalized spacial score (nSPS) is 9.62. The van der Waals surface area contributed by atoms with Crippen molar-refractivity contribution in [3.63, 3.8) is 0 Å². The molecule has 0 aliphatic rings. The maximum absolute atomic E-state index is 5.70. The summed E-state index contributed by atoms with van der Waals surface area (Å²) in [5.74, 6) is 0.548. The second kappa shape index (κ2) is 4.45. The average Bonchev–Trinajstić information content (AvgIpc) is 2.17. The molecular formula is C10H9Cl2N. The van der Waals surface area contributed by atoms with Crippen LogP contribution in [-0.2, 0) is 5.88 Å². The summed E-state index contributed by atoms with van der Waals surface area (Å²) in [5.41, 5.74) is 2.12. The summed E-state index contributed by atoms with van der Waals surface area (Å²) in [7, 11) is 0. The number of halogens is 2. The molecule has 0 aliphatic heterocycles. The number of hydrogen-bond donors (Lipinski definition) is 0. The Hall–Kier alpha value is -0.790. The van der Waals surface area contributed by atoms with Gasteiger partial charge in [-0.3, -0.25) is 4.98 Å². The van der Waals surface area contributed by atoms with E-state index in [2.05, 4.69) is 4.98 Å². The number of rotatable bonds is 1. The molecule has 0 spiro atoms. The van der Waals surface area contributed by atoms with Gasteiger partial charge in [-0.15, -0.1) is 24.0 Å². The second-order valence-electron chi connectivity index (χ2n) is 2.66. The third kappa shape index (κ3) is 2.11. The molecule has 2 aromatic rings. The van der Waals surface area contributed by atoms with Gasteiger partial charge in [-0.1, -0.05) is 18.2 Å². The van der Waals surface area contributed by atoms with Gasteiger partial charge in [0.05, 0.1) is 5.52 Å². The zero-order valence-corrected chi connectivity index (χ0v) is 8.48. The number of nitrogens with zero attached hydrogens (tertiary/aromatic N) is 1. The number of pyridine rings is 1. The van der Waals surface area contributed by atoms with E-state index in [1.165, 1.54) is 0 Å². The van der Waals surface area contributed by atoms with E-state index in [1.54, 1.807) is 6.20 Å². The number of fused-ring (bicyclic) bond motifs is 1. The monoisotopic (exact) mass is 213 g/mol. The first-order valence-electron chi connectivity index (χ1n) is 3.80. The quantitative estimate of drug-likeness (QED) is 0.663. The highest BCUT2D eigenvalue weighted by Crippen LogP contribution is 2.14. The molecule has 1 aromatic heterocycles. The Bertz CT molecular complexity index is 401. The summed E-state index contributed by atoms with van der Waals surface area (Å²) in [5, 5.41) is 1.16. The Balaban J connectivity index is 0.000000845. The van der Waals surface area contributed by atoms with E-state index >= 15 is 0 Å². The number of benzene rings is 1. The number of alkyl halides is 1. The second-order valence-corrected chi connectivity index (χ2v) is 2.93. The molecule has 3 heteroatoms. The van der Waals surface area contributed by atoms with E-state index in [9.17, 15) is 0 Å². The van der Waals surface area contributed by atoms with Gasteiger partial charge in [0.2, 0.25) is 0 Å². The smallest absolute Gasteiger partial charge is 0.0705 e. The van der Waals surface area contributed by atoms with Gasteiger partial charge in [-0.25, -0.2) is 0 Å². The lowest BCUT2D eigenvalue weighted by Crippen LogP contribution is -1.80. The predicted molar refractivity (Wildman–Crippen MR) is 58.5 cm³/mol. The molecule has 0 saturated heterocycles. The summed E-state index contributed by atoms with van der Waals surface area (Å²) < 4.78 is 0. The van der Waals surface area contributed by atoms with Crippen LogP contribution in [0.15, 0.2) is 36.5 Å². The fraction of sp³-hybridized carbons (Fsp3) is 0.100. The molecule has 13 heavy (non-hydrogen) atoms. The van der Waals surface area contributed by atoms with Gasteiger partial charge in [-0.2, -0.15) is 0 Å². The van der Waals surface area contributed by atoms with E-state index in [0.29, 0.717) is 5.88 Å². The van der Waals surface area contributed by atoms with E-state index in [1.807, 2.05) is 30.3 Å². The van der Waals surface area contributed by atoms with Crippen LogP contribution in [0.2, 0.25) is 0 Å². The zero-order valence-electron chi connectivity index (χ0n) is 6.90. The van der Waals surface area contributed by atoms with Gasteiger partial charge >= 0.3 is 0 Å². The van der Waals surface area contributed by atoms with Crippen LogP contribution in [0.5, 0.6) is 0 Å². The molecule has 1 heterocycles. The first-order valence-corrected chi connectivity index (χ1v) is 4.33. The molecule has 0 aliphatic carbocycles. The molecule has 68 valence electrons. The van der Waals surface area contributed by atoms with Gasteiger partial charge < -0.3 is 0 Å². The molecule has 1 nitrogen and oxygen atoms in total. The third-order valence-electron chi connectivity index (χ3n) is 1.82. The summed E-state index contributed by atoms with van der Waals surface area (Å²) in [6.45, 7) is 0. The van der Waals surface area contributed by atoms with Crippen LogP contribution in [-0.4, -0.2) is 4.98 Å². The van der Waals surface area contributed by atoms with Crippen molar-refractivity contribution in [2.24, 2.45) is 0 Å². The van der Waals surface area contributed by atoms with Crippen LogP contribution >= 0.6 is 24.0 Å². The van der Waals surface area contributed by atoms with Gasteiger partial charge in [0, 0.05) is 17.5 Å². The van der Waals surface area contributed by atoms with Gasteiger partial charge in [0.25, 0.3) is 0 Å². The number of aromatic nitrogens is 1. The third-order valence-corrected chi connectivity index (χ3v) is 2.13. The van der Waals surface area contributed by atoms with Gasteiger partial charge in [0.15, 0.2) is 0 Å². The maximum Gasteiger partial charge on any atom is 0.0705 e. The van der Waals surface area contributed by atoms with Crippen molar-refractivity contribution in [1.82, 2.24) is 4.98 Å². The standard InChI is InChI=1S/C10H8ClN.ClH/c11-7-8-3-4-9-2-1-5-12-10(9)6-8;/h1-6H,7H2;1H. The Morgan fingerprint density at radius 3 is 2.85 bits per heavy atom. The van der Waals surface area contributed by atoms with E-state index in [0.717, 1.165) is 16.5 Å². The topological polar surface area (TPSA) is 12.9 Å². The molecule has 0 atom stereocenters. The highest BCUT2D eigenvalue weighted by molar-refractivity contribution is 6.17. The first kappa shape index (κ1) is 10.3. The summed E-state index contributed by atoms with van der Waals surface area (Å²) in [6, 6.07) is 10.1. The largest absolute Gasteiger partial charge is 0.256 e. The molecule has 0 radical (unpaired) electrons. The minimum Gasteiger partial charge on any atom is -0.256 e. The molecule has 2 rings (SSSR count). The van der Waals surface area contributed by atoms with E-state index < -0.39 is 0 Å². The molecule has 0 amide bonds. The van der Waals surface area contributed by atoms with Crippen molar-refractivity contribution in [2.45, 2.75) is 5.88 Å². The van der Waals surface area contributed by atoms with Gasteiger partial charge in [0.1, 0.15) is 0 Å². The zero-order chi connectivity index (χ0) is 8.39. The van der Waals surface area contributed by atoms with Crippen molar-refractivity contribution >= 4 is 34.9 Å². The summed E-state index contributed by atoms with van der Waals surface area (Å²) in [6.07, 6.45) is 1.79. The van der Waals surface area contributed by atoms with E-state index in [-0.39, 0.29) is 12.4 Å². The van der Waals surface area contributed by atoms with Crippen LogP contribution in [0.4, 0.5) is 0 Å². The van der Waals surface area contributed by atoms with Crippen LogP contribution in [0.25, 0.3) is 10.9 Å². The Morgan fingerprint density at radius 1 is 1.23 bits per heavy atom. The van der Waals surface area contributed by atoms with Crippen molar-refractivity contribution in [1.29, 1.82) is 0 Å². The lowest BCUT2D eigenvalue weighted by molar-refractivity contribution is 1.36. The molecular weight excluding hydrogens is 205 g/mol. The molecule has 0 N–H and O–H groups in total. The lowest BCUT2D eigenvalue weighted by atomic mass is 10.1. The van der Waals surface area contributed by atoms with Crippen LogP contribution < -0.4 is 0 Å². The maximum atomic E-state index is 5.70. The fourth-order valence-corrected chi connectivity index (χ4v) is 1.36. The van der Waals surface area contributed by atoms with Crippen molar-refractivity contribution in [3.8, 4) is 0 Å². The fourth-order valence-electron chi connectivity index (χ4n) is 1.20. The van der Waals surface area contributed by atoms with E-state index in [4.69, 9.17) is 11.6 Å². The van der Waals surface area contributed by atoms with Crippen LogP contribution in [0.3, 0.4) is 0 Å². The van der Waals surface area contributed by atoms with Gasteiger partial charge in [-0.05, 0) is 17.7 Å². The van der Waals surface area contributed by atoms with Crippen LogP contribution in [0, 0.1) is 0 Å². The molecule has 0 fully saturated rings. The molecule has 0 unspecified atom stereocenters. The minimum absolute atomic E-state index is 0. The minimum atomic E-state index is 0. The Morgan fingerprint density at radius 2 is 2.08 bits per heavy atom. The lowest BCUT2D eigenvalue weighted by Gasteiger charge is -1.97. The Kier molecular flexibility index (Phi) is 3.52. The molecule has 0 saturated carbocycles. The van der Waals surface area contributed by atoms with Crippen molar-refractivity contribution < 1.29 is 0 Å². The Labute approximate surface area is 88.2 Å². The summed E-state index contributed by atoms with van der Waals surface area (Å²) in [4.78, 5) is 4.23. The molecule has 1 aromatic carbocycles. The van der Waals surface area contributed by atoms with Crippen LogP contribution in [0.1, 0.15) is 5.56 Å². The molecule has 0 bridgehead atoms. The SMILES string of the molecule is Cl.ClCc1ccc2cccnc2c1. The highest BCUT2D eigenvalue weighted by atomic mass is 35.5. The number of hydrogen-bond acceptors (Lipinski definition) is 1. The average molecular weight is 214 g/mol.